The minimum Gasteiger partial charge on any atom is -0.444 e. The molecule has 0 aromatic heterocycles. The average molecular weight is 327 g/mol. The summed E-state index contributed by atoms with van der Waals surface area (Å²) in [6, 6.07) is 9.32. The van der Waals surface area contributed by atoms with E-state index < -0.39 is 5.60 Å². The highest BCUT2D eigenvalue weighted by Gasteiger charge is 2.39. The topological polar surface area (TPSA) is 29.5 Å². The smallest absolute Gasteiger partial charge is 0.411 e. The molecule has 0 saturated carbocycles. The third kappa shape index (κ3) is 3.66. The minimum atomic E-state index is -0.439. The third-order valence-electron chi connectivity index (χ3n) is 4.97. The van der Waals surface area contributed by atoms with E-state index in [2.05, 4.69) is 37.3 Å². The van der Waals surface area contributed by atoms with Crippen molar-refractivity contribution in [1.29, 1.82) is 0 Å². The largest absolute Gasteiger partial charge is 0.444 e. The van der Waals surface area contributed by atoms with Gasteiger partial charge in [0.05, 0.1) is 6.04 Å². The number of hydrogen-bond acceptors (Lipinski definition) is 2. The lowest BCUT2D eigenvalue weighted by Gasteiger charge is -2.45. The van der Waals surface area contributed by atoms with Crippen LogP contribution < -0.4 is 0 Å². The van der Waals surface area contributed by atoms with Crippen molar-refractivity contribution in [3.8, 4) is 0 Å². The van der Waals surface area contributed by atoms with E-state index in [1.165, 1.54) is 23.1 Å². The van der Waals surface area contributed by atoms with Crippen molar-refractivity contribution in [2.45, 2.75) is 77.5 Å². The standard InChI is InChI=1S/C21H29NO2/c1-5-15-9-11-16(12-10-15)17-13-18-7-6-8-19(14-17)22(18)20(23)24-21(2,3)4/h9-13,18-19H,5-8,14H2,1-4H3. The first-order valence-electron chi connectivity index (χ1n) is 9.18. The lowest BCUT2D eigenvalue weighted by Crippen LogP contribution is -2.53. The summed E-state index contributed by atoms with van der Waals surface area (Å²) >= 11 is 0. The van der Waals surface area contributed by atoms with E-state index in [-0.39, 0.29) is 18.2 Å². The molecule has 130 valence electrons. The van der Waals surface area contributed by atoms with Crippen molar-refractivity contribution >= 4 is 11.7 Å². The SMILES string of the molecule is CCc1ccc(C2=CC3CCCC(C2)N3C(=O)OC(C)(C)C)cc1. The van der Waals surface area contributed by atoms with Gasteiger partial charge in [-0.1, -0.05) is 37.3 Å². The summed E-state index contributed by atoms with van der Waals surface area (Å²) in [5, 5.41) is 0. The molecule has 2 unspecified atom stereocenters. The summed E-state index contributed by atoms with van der Waals surface area (Å²) in [6.07, 6.45) is 7.42. The molecule has 1 saturated heterocycles. The first kappa shape index (κ1) is 17.1. The van der Waals surface area contributed by atoms with Crippen molar-refractivity contribution in [2.24, 2.45) is 0 Å². The molecule has 24 heavy (non-hydrogen) atoms. The van der Waals surface area contributed by atoms with Gasteiger partial charge in [-0.05, 0) is 69.6 Å². The molecule has 0 aliphatic carbocycles. The van der Waals surface area contributed by atoms with Crippen molar-refractivity contribution in [3.05, 3.63) is 41.5 Å². The van der Waals surface area contributed by atoms with Crippen LogP contribution in [0.15, 0.2) is 30.3 Å². The quantitative estimate of drug-likeness (QED) is 0.747. The molecule has 1 aromatic rings. The van der Waals surface area contributed by atoms with Crippen LogP contribution in [0.3, 0.4) is 0 Å². The number of piperidine rings is 1. The molecule has 2 aliphatic heterocycles. The molecule has 0 radical (unpaired) electrons. The Morgan fingerprint density at radius 2 is 1.92 bits per heavy atom. The van der Waals surface area contributed by atoms with Gasteiger partial charge >= 0.3 is 6.09 Å². The molecule has 1 aromatic carbocycles. The summed E-state index contributed by atoms with van der Waals surface area (Å²) in [5.41, 5.74) is 3.61. The van der Waals surface area contributed by atoms with E-state index in [0.29, 0.717) is 0 Å². The van der Waals surface area contributed by atoms with E-state index >= 15 is 0 Å². The second kappa shape index (κ2) is 6.62. The van der Waals surface area contributed by atoms with Crippen LogP contribution in [0.1, 0.15) is 64.5 Å². The molecule has 3 nitrogen and oxygen atoms in total. The highest BCUT2D eigenvalue weighted by atomic mass is 16.6. The van der Waals surface area contributed by atoms with Crippen molar-refractivity contribution in [3.63, 3.8) is 0 Å². The normalized spacial score (nSPS) is 23.7. The Bertz CT molecular complexity index is 624. The molecular weight excluding hydrogens is 298 g/mol. The number of ether oxygens (including phenoxy) is 1. The van der Waals surface area contributed by atoms with Crippen LogP contribution in [0.2, 0.25) is 0 Å². The fourth-order valence-corrected chi connectivity index (χ4v) is 3.80. The number of nitrogens with zero attached hydrogens (tertiary/aromatic N) is 1. The maximum absolute atomic E-state index is 12.6. The van der Waals surface area contributed by atoms with Crippen molar-refractivity contribution < 1.29 is 9.53 Å². The van der Waals surface area contributed by atoms with E-state index in [4.69, 9.17) is 4.74 Å². The lowest BCUT2D eigenvalue weighted by atomic mass is 9.83. The molecule has 1 amide bonds. The van der Waals surface area contributed by atoms with Crippen LogP contribution in [-0.4, -0.2) is 28.7 Å². The Morgan fingerprint density at radius 3 is 2.50 bits per heavy atom. The number of benzene rings is 1. The molecule has 0 spiro atoms. The number of hydrogen-bond donors (Lipinski definition) is 0. The molecule has 2 atom stereocenters. The first-order valence-corrected chi connectivity index (χ1v) is 9.18. The molecular formula is C21H29NO2. The van der Waals surface area contributed by atoms with Crippen LogP contribution in [0.4, 0.5) is 4.79 Å². The van der Waals surface area contributed by atoms with E-state index in [0.717, 1.165) is 25.7 Å². The molecule has 2 aliphatic rings. The summed E-state index contributed by atoms with van der Waals surface area (Å²) in [6.45, 7) is 7.97. The first-order chi connectivity index (χ1) is 11.4. The maximum Gasteiger partial charge on any atom is 0.411 e. The monoisotopic (exact) mass is 327 g/mol. The molecule has 3 heteroatoms. The molecule has 2 heterocycles. The lowest BCUT2D eigenvalue weighted by molar-refractivity contribution is 0.0000862. The number of carbonyl (C=O) groups is 1. The predicted octanol–water partition coefficient (Wildman–Crippen LogP) is 5.19. The number of aryl methyl sites for hydroxylation is 1. The van der Waals surface area contributed by atoms with Crippen LogP contribution in [0, 0.1) is 0 Å². The Kier molecular flexibility index (Phi) is 4.71. The van der Waals surface area contributed by atoms with Gasteiger partial charge in [0, 0.05) is 6.04 Å². The number of amides is 1. The molecule has 3 rings (SSSR count). The van der Waals surface area contributed by atoms with Gasteiger partial charge in [0.2, 0.25) is 0 Å². The Hall–Kier alpha value is -1.77. The van der Waals surface area contributed by atoms with E-state index in [1.54, 1.807) is 0 Å². The fraction of sp³-hybridized carbons (Fsp3) is 0.571. The zero-order valence-corrected chi connectivity index (χ0v) is 15.3. The van der Waals surface area contributed by atoms with Crippen LogP contribution in [0.25, 0.3) is 5.57 Å². The van der Waals surface area contributed by atoms with Gasteiger partial charge < -0.3 is 4.74 Å². The van der Waals surface area contributed by atoms with Gasteiger partial charge in [0.1, 0.15) is 5.60 Å². The summed E-state index contributed by atoms with van der Waals surface area (Å²) < 4.78 is 5.64. The zero-order chi connectivity index (χ0) is 17.3. The maximum atomic E-state index is 12.6. The Morgan fingerprint density at radius 1 is 1.21 bits per heavy atom. The third-order valence-corrected chi connectivity index (χ3v) is 4.97. The second-order valence-electron chi connectivity index (χ2n) is 7.99. The Labute approximate surface area is 145 Å². The predicted molar refractivity (Wildman–Crippen MR) is 97.9 cm³/mol. The van der Waals surface area contributed by atoms with Gasteiger partial charge in [-0.3, -0.25) is 4.90 Å². The van der Waals surface area contributed by atoms with E-state index in [1.807, 2.05) is 25.7 Å². The zero-order valence-electron chi connectivity index (χ0n) is 15.3. The van der Waals surface area contributed by atoms with Crippen LogP contribution >= 0.6 is 0 Å². The summed E-state index contributed by atoms with van der Waals surface area (Å²) in [7, 11) is 0. The molecule has 0 N–H and O–H groups in total. The van der Waals surface area contributed by atoms with Crippen LogP contribution in [-0.2, 0) is 11.2 Å². The van der Waals surface area contributed by atoms with E-state index in [9.17, 15) is 4.79 Å². The van der Waals surface area contributed by atoms with Crippen molar-refractivity contribution in [1.82, 2.24) is 4.90 Å². The van der Waals surface area contributed by atoms with Gasteiger partial charge in [-0.2, -0.15) is 0 Å². The summed E-state index contributed by atoms with van der Waals surface area (Å²) in [5.74, 6) is 0. The van der Waals surface area contributed by atoms with Gasteiger partial charge in [0.25, 0.3) is 0 Å². The number of fused-ring (bicyclic) bond motifs is 2. The van der Waals surface area contributed by atoms with Crippen LogP contribution in [0.5, 0.6) is 0 Å². The summed E-state index contributed by atoms with van der Waals surface area (Å²) in [4.78, 5) is 14.6. The minimum absolute atomic E-state index is 0.158. The Balaban J connectivity index is 1.82. The van der Waals surface area contributed by atoms with Crippen molar-refractivity contribution in [2.75, 3.05) is 0 Å². The number of carbonyl (C=O) groups excluding carboxylic acids is 1. The van der Waals surface area contributed by atoms with Gasteiger partial charge in [-0.25, -0.2) is 4.79 Å². The van der Waals surface area contributed by atoms with Gasteiger partial charge in [-0.15, -0.1) is 0 Å². The molecule has 1 fully saturated rings. The molecule has 2 bridgehead atoms. The highest BCUT2D eigenvalue weighted by molar-refractivity contribution is 5.74. The second-order valence-corrected chi connectivity index (χ2v) is 7.99. The average Bonchev–Trinajstić information content (AvgIpc) is 2.52. The number of rotatable bonds is 2. The fourth-order valence-electron chi connectivity index (χ4n) is 3.80. The van der Waals surface area contributed by atoms with Gasteiger partial charge in [0.15, 0.2) is 0 Å². The highest BCUT2D eigenvalue weighted by Crippen LogP contribution is 2.38.